The van der Waals surface area contributed by atoms with Gasteiger partial charge in [-0.1, -0.05) is 6.92 Å². The number of thioether (sulfide) groups is 1. The van der Waals surface area contributed by atoms with Crippen LogP contribution < -0.4 is 5.32 Å². The van der Waals surface area contributed by atoms with E-state index >= 15 is 0 Å². The van der Waals surface area contributed by atoms with Gasteiger partial charge in [0, 0.05) is 36.6 Å². The molecular formula is C13H25ClN2OS. The van der Waals surface area contributed by atoms with Gasteiger partial charge in [-0.25, -0.2) is 0 Å². The first-order valence-electron chi connectivity index (χ1n) is 6.92. The molecule has 2 aliphatic rings. The number of amides is 1. The minimum Gasteiger partial charge on any atom is -0.341 e. The molecule has 2 fully saturated rings. The molecule has 18 heavy (non-hydrogen) atoms. The monoisotopic (exact) mass is 292 g/mol. The fourth-order valence-corrected chi connectivity index (χ4v) is 3.83. The van der Waals surface area contributed by atoms with Crippen molar-refractivity contribution in [2.24, 2.45) is 0 Å². The molecule has 0 aromatic rings. The fourth-order valence-electron chi connectivity index (χ4n) is 2.65. The van der Waals surface area contributed by atoms with Crippen molar-refractivity contribution in [3.8, 4) is 0 Å². The largest absolute Gasteiger partial charge is 0.341 e. The van der Waals surface area contributed by atoms with Crippen LogP contribution in [0.1, 0.15) is 39.0 Å². The van der Waals surface area contributed by atoms with E-state index in [1.165, 1.54) is 19.3 Å². The Balaban J connectivity index is 0.00000162. The SMILES string of the molecule is CCC1CN(C(=O)CCC2CCCN2)CCS1.Cl. The van der Waals surface area contributed by atoms with E-state index in [1.54, 1.807) is 0 Å². The van der Waals surface area contributed by atoms with Crippen molar-refractivity contribution in [1.82, 2.24) is 10.2 Å². The van der Waals surface area contributed by atoms with Crippen LogP contribution in [0.15, 0.2) is 0 Å². The van der Waals surface area contributed by atoms with Gasteiger partial charge in [-0.3, -0.25) is 4.79 Å². The van der Waals surface area contributed by atoms with Crippen molar-refractivity contribution < 1.29 is 4.79 Å². The molecule has 1 amide bonds. The Bertz CT molecular complexity index is 259. The maximum Gasteiger partial charge on any atom is 0.222 e. The maximum absolute atomic E-state index is 12.1. The molecule has 0 saturated carbocycles. The van der Waals surface area contributed by atoms with Crippen molar-refractivity contribution in [2.75, 3.05) is 25.4 Å². The summed E-state index contributed by atoms with van der Waals surface area (Å²) in [7, 11) is 0. The summed E-state index contributed by atoms with van der Waals surface area (Å²) in [6.07, 6.45) is 5.47. The van der Waals surface area contributed by atoms with Gasteiger partial charge in [0.25, 0.3) is 0 Å². The second-order valence-corrected chi connectivity index (χ2v) is 6.48. The Morgan fingerprint density at radius 1 is 1.50 bits per heavy atom. The van der Waals surface area contributed by atoms with Gasteiger partial charge in [0.05, 0.1) is 0 Å². The first-order valence-corrected chi connectivity index (χ1v) is 7.97. The lowest BCUT2D eigenvalue weighted by Gasteiger charge is -2.32. The molecule has 106 valence electrons. The molecule has 3 nitrogen and oxygen atoms in total. The van der Waals surface area contributed by atoms with E-state index in [-0.39, 0.29) is 12.4 Å². The van der Waals surface area contributed by atoms with Crippen molar-refractivity contribution in [1.29, 1.82) is 0 Å². The van der Waals surface area contributed by atoms with Crippen LogP contribution in [0.25, 0.3) is 0 Å². The summed E-state index contributed by atoms with van der Waals surface area (Å²) in [6.45, 7) is 5.28. The Hall–Kier alpha value is 0.0700. The average molecular weight is 293 g/mol. The minimum atomic E-state index is 0. The number of hydrogen-bond acceptors (Lipinski definition) is 3. The van der Waals surface area contributed by atoms with Crippen LogP contribution in [-0.2, 0) is 4.79 Å². The molecule has 2 unspecified atom stereocenters. The molecule has 0 aromatic carbocycles. The summed E-state index contributed by atoms with van der Waals surface area (Å²) in [5, 5.41) is 4.12. The van der Waals surface area contributed by atoms with Gasteiger partial charge in [-0.2, -0.15) is 11.8 Å². The fraction of sp³-hybridized carbons (Fsp3) is 0.923. The normalized spacial score (nSPS) is 27.9. The third kappa shape index (κ3) is 4.63. The first kappa shape index (κ1) is 16.1. The van der Waals surface area contributed by atoms with Crippen LogP contribution >= 0.6 is 24.2 Å². The molecule has 0 bridgehead atoms. The number of hydrogen-bond donors (Lipinski definition) is 1. The number of nitrogens with zero attached hydrogens (tertiary/aromatic N) is 1. The number of nitrogens with one attached hydrogen (secondary N) is 1. The van der Waals surface area contributed by atoms with Gasteiger partial charge >= 0.3 is 0 Å². The summed E-state index contributed by atoms with van der Waals surface area (Å²) in [5.41, 5.74) is 0. The van der Waals surface area contributed by atoms with Gasteiger partial charge in [0.15, 0.2) is 0 Å². The molecule has 2 rings (SSSR count). The summed E-state index contributed by atoms with van der Waals surface area (Å²) in [5.74, 6) is 1.49. The zero-order valence-corrected chi connectivity index (χ0v) is 12.8. The van der Waals surface area contributed by atoms with Crippen molar-refractivity contribution >= 4 is 30.1 Å². The van der Waals surface area contributed by atoms with E-state index in [2.05, 4.69) is 17.1 Å². The van der Waals surface area contributed by atoms with Crippen molar-refractivity contribution in [2.45, 2.75) is 50.3 Å². The topological polar surface area (TPSA) is 32.3 Å². The predicted octanol–water partition coefficient (Wildman–Crippen LogP) is 2.29. The molecule has 0 spiro atoms. The van der Waals surface area contributed by atoms with Crippen LogP contribution in [0.2, 0.25) is 0 Å². The summed E-state index contributed by atoms with van der Waals surface area (Å²) < 4.78 is 0. The van der Waals surface area contributed by atoms with Gasteiger partial charge in [0.2, 0.25) is 5.91 Å². The Kier molecular flexibility index (Phi) is 7.42. The molecule has 1 N–H and O–H groups in total. The highest BCUT2D eigenvalue weighted by Gasteiger charge is 2.23. The summed E-state index contributed by atoms with van der Waals surface area (Å²) in [6, 6.07) is 0.597. The summed E-state index contributed by atoms with van der Waals surface area (Å²) in [4.78, 5) is 14.2. The highest BCUT2D eigenvalue weighted by Crippen LogP contribution is 2.22. The highest BCUT2D eigenvalue weighted by molar-refractivity contribution is 8.00. The van der Waals surface area contributed by atoms with Crippen LogP contribution in [0, 0.1) is 0 Å². The molecule has 0 aliphatic carbocycles. The average Bonchev–Trinajstić information content (AvgIpc) is 2.89. The zero-order chi connectivity index (χ0) is 12.1. The third-order valence-corrected chi connectivity index (χ3v) is 5.19. The lowest BCUT2D eigenvalue weighted by molar-refractivity contribution is -0.131. The lowest BCUT2D eigenvalue weighted by atomic mass is 10.1. The van der Waals surface area contributed by atoms with Gasteiger partial charge < -0.3 is 10.2 Å². The quantitative estimate of drug-likeness (QED) is 0.863. The number of carbonyl (C=O) groups excluding carboxylic acids is 1. The molecule has 0 radical (unpaired) electrons. The van der Waals surface area contributed by atoms with E-state index in [0.29, 0.717) is 17.2 Å². The molecule has 0 aromatic heterocycles. The number of carbonyl (C=O) groups is 1. The summed E-state index contributed by atoms with van der Waals surface area (Å²) >= 11 is 2.02. The third-order valence-electron chi connectivity index (χ3n) is 3.82. The van der Waals surface area contributed by atoms with Gasteiger partial charge in [-0.15, -0.1) is 12.4 Å². The molecule has 2 heterocycles. The van der Waals surface area contributed by atoms with E-state index in [9.17, 15) is 4.79 Å². The van der Waals surface area contributed by atoms with E-state index in [0.717, 1.165) is 38.2 Å². The molecular weight excluding hydrogens is 268 g/mol. The number of rotatable bonds is 4. The Labute approximate surface area is 121 Å². The van der Waals surface area contributed by atoms with Crippen LogP contribution in [0.3, 0.4) is 0 Å². The molecule has 2 atom stereocenters. The van der Waals surface area contributed by atoms with Crippen LogP contribution in [0.4, 0.5) is 0 Å². The lowest BCUT2D eigenvalue weighted by Crippen LogP contribution is -2.42. The number of halogens is 1. The van der Waals surface area contributed by atoms with Gasteiger partial charge in [0.1, 0.15) is 0 Å². The van der Waals surface area contributed by atoms with Crippen molar-refractivity contribution in [3.63, 3.8) is 0 Å². The standard InChI is InChI=1S/C13H24N2OS.ClH/c1-2-12-10-15(8-9-17-12)13(16)6-5-11-4-3-7-14-11;/h11-12,14H,2-10H2,1H3;1H. The second kappa shape index (κ2) is 8.28. The smallest absolute Gasteiger partial charge is 0.222 e. The molecule has 5 heteroatoms. The Morgan fingerprint density at radius 2 is 2.33 bits per heavy atom. The van der Waals surface area contributed by atoms with E-state index in [4.69, 9.17) is 0 Å². The highest BCUT2D eigenvalue weighted by atomic mass is 35.5. The van der Waals surface area contributed by atoms with E-state index in [1.807, 2.05) is 11.8 Å². The van der Waals surface area contributed by atoms with Gasteiger partial charge in [-0.05, 0) is 32.2 Å². The Morgan fingerprint density at radius 3 is 3.00 bits per heavy atom. The predicted molar refractivity (Wildman–Crippen MR) is 80.6 cm³/mol. The minimum absolute atomic E-state index is 0. The molecule has 2 aliphatic heterocycles. The zero-order valence-electron chi connectivity index (χ0n) is 11.2. The van der Waals surface area contributed by atoms with Crippen LogP contribution in [-0.4, -0.2) is 47.5 Å². The van der Waals surface area contributed by atoms with Crippen LogP contribution in [0.5, 0.6) is 0 Å². The van der Waals surface area contributed by atoms with E-state index < -0.39 is 0 Å². The first-order chi connectivity index (χ1) is 8.29. The maximum atomic E-state index is 12.1. The second-order valence-electron chi connectivity index (χ2n) is 5.07. The van der Waals surface area contributed by atoms with Crippen molar-refractivity contribution in [3.05, 3.63) is 0 Å². The molecule has 2 saturated heterocycles.